The number of hydrogen-bond acceptors (Lipinski definition) is 7. The highest BCUT2D eigenvalue weighted by Gasteiger charge is 2.20. The molecule has 29 heavy (non-hydrogen) atoms. The molecule has 0 saturated carbocycles. The summed E-state index contributed by atoms with van der Waals surface area (Å²) in [6, 6.07) is 6.63. The van der Waals surface area contributed by atoms with E-state index in [4.69, 9.17) is 9.47 Å². The van der Waals surface area contributed by atoms with Crippen LogP contribution in [0.3, 0.4) is 0 Å². The van der Waals surface area contributed by atoms with Crippen LogP contribution in [0.5, 0.6) is 5.75 Å². The minimum absolute atomic E-state index is 0.267. The van der Waals surface area contributed by atoms with Crippen LogP contribution in [0.2, 0.25) is 0 Å². The molecule has 3 aromatic rings. The topological polar surface area (TPSA) is 119 Å². The molecule has 0 aliphatic heterocycles. The molecule has 9 heteroatoms. The van der Waals surface area contributed by atoms with Gasteiger partial charge in [-0.3, -0.25) is 4.79 Å². The van der Waals surface area contributed by atoms with E-state index in [0.29, 0.717) is 35.0 Å². The Balaban J connectivity index is 1.55. The highest BCUT2D eigenvalue weighted by Crippen LogP contribution is 2.17. The van der Waals surface area contributed by atoms with Crippen LogP contribution >= 0.6 is 0 Å². The second-order valence-corrected chi connectivity index (χ2v) is 6.92. The molecule has 9 nitrogen and oxygen atoms in total. The Labute approximate surface area is 167 Å². The lowest BCUT2D eigenvalue weighted by Gasteiger charge is -2.13. The first-order valence-electron chi connectivity index (χ1n) is 9.33. The van der Waals surface area contributed by atoms with Crippen LogP contribution in [0.15, 0.2) is 36.9 Å². The number of ether oxygens (including phenoxy) is 2. The third-order valence-electron chi connectivity index (χ3n) is 4.17. The number of hydrogen-bond donors (Lipinski definition) is 2. The average Bonchev–Trinajstić information content (AvgIpc) is 3.18. The molecular formula is C20H23N5O4. The number of carbonyl (C=O) groups is 2. The van der Waals surface area contributed by atoms with Crippen molar-refractivity contribution in [1.82, 2.24) is 19.9 Å². The van der Waals surface area contributed by atoms with Gasteiger partial charge in [-0.2, -0.15) is 0 Å². The fraction of sp³-hybridized carbons (Fsp3) is 0.350. The Morgan fingerprint density at radius 3 is 2.59 bits per heavy atom. The maximum absolute atomic E-state index is 12.4. The summed E-state index contributed by atoms with van der Waals surface area (Å²) >= 11 is 0. The first kappa shape index (κ1) is 20.2. The summed E-state index contributed by atoms with van der Waals surface area (Å²) in [5.74, 6) is 0.393. The molecular weight excluding hydrogens is 374 g/mol. The van der Waals surface area contributed by atoms with Gasteiger partial charge in [0.25, 0.3) is 5.91 Å². The molecule has 1 amide bonds. The lowest BCUT2D eigenvalue weighted by Crippen LogP contribution is -2.30. The smallest absolute Gasteiger partial charge is 0.338 e. The predicted octanol–water partition coefficient (Wildman–Crippen LogP) is 2.96. The van der Waals surface area contributed by atoms with Crippen molar-refractivity contribution < 1.29 is 19.1 Å². The number of anilines is 1. The number of nitrogens with one attached hydrogen (secondary N) is 2. The lowest BCUT2D eigenvalue weighted by atomic mass is 10.1. The maximum atomic E-state index is 12.4. The summed E-state index contributed by atoms with van der Waals surface area (Å²) in [5.41, 5.74) is 1.25. The summed E-state index contributed by atoms with van der Waals surface area (Å²) in [7, 11) is 0. The van der Waals surface area contributed by atoms with Gasteiger partial charge in [-0.05, 0) is 43.5 Å². The van der Waals surface area contributed by atoms with Crippen LogP contribution in [0.4, 0.5) is 5.82 Å². The van der Waals surface area contributed by atoms with Crippen LogP contribution in [0.1, 0.15) is 37.6 Å². The van der Waals surface area contributed by atoms with E-state index >= 15 is 0 Å². The summed E-state index contributed by atoms with van der Waals surface area (Å²) in [4.78, 5) is 39.5. The Morgan fingerprint density at radius 2 is 1.86 bits per heavy atom. The molecule has 3 rings (SSSR count). The zero-order valence-corrected chi connectivity index (χ0v) is 16.5. The number of esters is 1. The molecule has 0 spiro atoms. The number of rotatable bonds is 8. The van der Waals surface area contributed by atoms with Gasteiger partial charge in [-0.1, -0.05) is 13.8 Å². The van der Waals surface area contributed by atoms with Crippen molar-refractivity contribution in [3.8, 4) is 5.75 Å². The van der Waals surface area contributed by atoms with Gasteiger partial charge in [0.2, 0.25) is 0 Å². The van der Waals surface area contributed by atoms with Crippen LogP contribution in [-0.4, -0.2) is 44.5 Å². The molecule has 1 unspecified atom stereocenters. The summed E-state index contributed by atoms with van der Waals surface area (Å²) < 4.78 is 10.9. The molecule has 2 aromatic heterocycles. The highest BCUT2D eigenvalue weighted by molar-refractivity contribution is 6.00. The van der Waals surface area contributed by atoms with Crippen LogP contribution in [0, 0.1) is 5.92 Å². The van der Waals surface area contributed by atoms with E-state index in [0.717, 1.165) is 6.42 Å². The van der Waals surface area contributed by atoms with Crippen molar-refractivity contribution >= 4 is 28.9 Å². The number of imidazole rings is 1. The van der Waals surface area contributed by atoms with Crippen LogP contribution in [0.25, 0.3) is 11.2 Å². The number of fused-ring (bicyclic) bond motifs is 1. The summed E-state index contributed by atoms with van der Waals surface area (Å²) in [5, 5.41) is 2.61. The van der Waals surface area contributed by atoms with E-state index in [1.165, 1.54) is 19.6 Å². The monoisotopic (exact) mass is 397 g/mol. The molecule has 0 radical (unpaired) electrons. The quantitative estimate of drug-likeness (QED) is 0.561. The van der Waals surface area contributed by atoms with E-state index < -0.39 is 18.0 Å². The Bertz CT molecular complexity index is 984. The van der Waals surface area contributed by atoms with Crippen molar-refractivity contribution in [3.63, 3.8) is 0 Å². The summed E-state index contributed by atoms with van der Waals surface area (Å²) in [6.45, 7) is 6.36. The van der Waals surface area contributed by atoms with Gasteiger partial charge in [0.05, 0.1) is 18.5 Å². The number of carbonyl (C=O) groups excluding carboxylic acids is 2. The number of nitrogens with zero attached hydrogens (tertiary/aromatic N) is 3. The average molecular weight is 397 g/mol. The molecule has 1 aromatic carbocycles. The van der Waals surface area contributed by atoms with Gasteiger partial charge in [0.15, 0.2) is 17.6 Å². The van der Waals surface area contributed by atoms with Crippen LogP contribution < -0.4 is 10.1 Å². The largest absolute Gasteiger partial charge is 0.494 e. The number of amides is 1. The van der Waals surface area contributed by atoms with Gasteiger partial charge < -0.3 is 19.8 Å². The molecule has 0 fully saturated rings. The molecule has 2 N–H and O–H groups in total. The van der Waals surface area contributed by atoms with E-state index in [1.54, 1.807) is 24.3 Å². The molecule has 0 aliphatic rings. The van der Waals surface area contributed by atoms with Crippen molar-refractivity contribution in [2.24, 2.45) is 5.92 Å². The number of aromatic amines is 1. The van der Waals surface area contributed by atoms with Gasteiger partial charge in [0.1, 0.15) is 17.6 Å². The van der Waals surface area contributed by atoms with Gasteiger partial charge >= 0.3 is 5.97 Å². The summed E-state index contributed by atoms with van der Waals surface area (Å²) in [6.07, 6.45) is 2.68. The molecule has 1 atom stereocenters. The Kier molecular flexibility index (Phi) is 6.38. The first-order chi connectivity index (χ1) is 13.9. The molecule has 0 aliphatic carbocycles. The third-order valence-corrected chi connectivity index (χ3v) is 4.17. The molecule has 0 bridgehead atoms. The van der Waals surface area contributed by atoms with E-state index in [1.807, 2.05) is 0 Å². The normalized spacial score (nSPS) is 12.0. The second kappa shape index (κ2) is 9.13. The Morgan fingerprint density at radius 1 is 1.10 bits per heavy atom. The van der Waals surface area contributed by atoms with Crippen molar-refractivity contribution in [2.75, 3.05) is 11.9 Å². The molecule has 152 valence electrons. The van der Waals surface area contributed by atoms with E-state index in [2.05, 4.69) is 39.1 Å². The number of aromatic nitrogens is 4. The SMILES string of the molecule is CC(C)CCOc1ccc(C(=O)OC(C)C(=O)Nc2ncnc3nc[nH]c23)cc1. The fourth-order valence-electron chi connectivity index (χ4n) is 2.46. The Hall–Kier alpha value is -3.49. The lowest BCUT2D eigenvalue weighted by molar-refractivity contribution is -0.123. The van der Waals surface area contributed by atoms with Gasteiger partial charge in [0, 0.05) is 0 Å². The third kappa shape index (κ3) is 5.28. The van der Waals surface area contributed by atoms with Crippen molar-refractivity contribution in [2.45, 2.75) is 33.3 Å². The van der Waals surface area contributed by atoms with Gasteiger partial charge in [-0.25, -0.2) is 19.7 Å². The zero-order valence-electron chi connectivity index (χ0n) is 16.5. The van der Waals surface area contributed by atoms with E-state index in [-0.39, 0.29) is 5.82 Å². The second-order valence-electron chi connectivity index (χ2n) is 6.92. The number of benzene rings is 1. The van der Waals surface area contributed by atoms with Crippen molar-refractivity contribution in [1.29, 1.82) is 0 Å². The van der Waals surface area contributed by atoms with Crippen molar-refractivity contribution in [3.05, 3.63) is 42.5 Å². The minimum Gasteiger partial charge on any atom is -0.494 e. The molecule has 2 heterocycles. The number of H-pyrrole nitrogens is 1. The van der Waals surface area contributed by atoms with Gasteiger partial charge in [-0.15, -0.1) is 0 Å². The minimum atomic E-state index is -1.02. The first-order valence-corrected chi connectivity index (χ1v) is 9.33. The maximum Gasteiger partial charge on any atom is 0.338 e. The predicted molar refractivity (Wildman–Crippen MR) is 107 cm³/mol. The van der Waals surface area contributed by atoms with Crippen LogP contribution in [-0.2, 0) is 9.53 Å². The fourth-order valence-corrected chi connectivity index (χ4v) is 2.46. The van der Waals surface area contributed by atoms with E-state index in [9.17, 15) is 9.59 Å². The molecule has 0 saturated heterocycles. The highest BCUT2D eigenvalue weighted by atomic mass is 16.5. The zero-order chi connectivity index (χ0) is 20.8. The standard InChI is InChI=1S/C20H23N5O4/c1-12(2)8-9-28-15-6-4-14(5-7-15)20(27)29-13(3)19(26)25-18-16-17(22-10-21-16)23-11-24-18/h4-7,10-13H,8-9H2,1-3H3,(H2,21,22,23,24,25,26).